The van der Waals surface area contributed by atoms with E-state index in [9.17, 15) is 5.11 Å². The number of pyridine rings is 1. The summed E-state index contributed by atoms with van der Waals surface area (Å²) in [7, 11) is 0. The number of aromatic hydroxyl groups is 1. The first-order valence-corrected chi connectivity index (χ1v) is 5.05. The van der Waals surface area contributed by atoms with Crippen molar-refractivity contribution in [1.29, 1.82) is 0 Å². The number of nitrogens with zero attached hydrogens (tertiary/aromatic N) is 2. The van der Waals surface area contributed by atoms with Crippen molar-refractivity contribution in [1.82, 2.24) is 9.97 Å². The number of benzene rings is 1. The summed E-state index contributed by atoms with van der Waals surface area (Å²) in [6, 6.07) is 8.50. The Morgan fingerprint density at radius 1 is 1.18 bits per heavy atom. The number of phenolic OH excluding ortho intramolecular Hbond substituents is 1. The Kier molecular flexibility index (Phi) is 1.98. The number of nitrogen functional groups attached to an aromatic ring is 1. The lowest BCUT2D eigenvalue weighted by atomic mass is 10.2. The molecule has 0 aliphatic heterocycles. The second-order valence-electron chi connectivity index (χ2n) is 3.58. The summed E-state index contributed by atoms with van der Waals surface area (Å²) in [6.45, 7) is 0. The molecule has 0 spiro atoms. The van der Waals surface area contributed by atoms with Crippen molar-refractivity contribution in [3.05, 3.63) is 36.5 Å². The van der Waals surface area contributed by atoms with Gasteiger partial charge in [0, 0.05) is 6.20 Å². The molecule has 3 N–H and O–H groups in total. The van der Waals surface area contributed by atoms with Crippen LogP contribution >= 0.6 is 0 Å². The van der Waals surface area contributed by atoms with E-state index in [2.05, 4.69) is 9.97 Å². The Morgan fingerprint density at radius 3 is 2.82 bits per heavy atom. The SMILES string of the molecule is Nc1ncccc1-c1nc2c(O)cccc2o1. The maximum atomic E-state index is 9.63. The minimum atomic E-state index is 0.0833. The summed E-state index contributed by atoms with van der Waals surface area (Å²) in [5.41, 5.74) is 7.29. The van der Waals surface area contributed by atoms with Crippen molar-refractivity contribution in [3.63, 3.8) is 0 Å². The van der Waals surface area contributed by atoms with Gasteiger partial charge in [0.15, 0.2) is 11.1 Å². The summed E-state index contributed by atoms with van der Waals surface area (Å²) >= 11 is 0. The molecular formula is C12H9N3O2. The fourth-order valence-electron chi connectivity index (χ4n) is 1.65. The van der Waals surface area contributed by atoms with Gasteiger partial charge in [-0.2, -0.15) is 0 Å². The number of para-hydroxylation sites is 1. The third-order valence-electron chi connectivity index (χ3n) is 2.47. The van der Waals surface area contributed by atoms with Gasteiger partial charge in [-0.1, -0.05) is 6.07 Å². The summed E-state index contributed by atoms with van der Waals surface area (Å²) < 4.78 is 5.52. The zero-order valence-electron chi connectivity index (χ0n) is 8.79. The number of phenols is 1. The predicted molar refractivity (Wildman–Crippen MR) is 63.3 cm³/mol. The fraction of sp³-hybridized carbons (Fsp3) is 0. The lowest BCUT2D eigenvalue weighted by Gasteiger charge is -1.97. The maximum absolute atomic E-state index is 9.63. The van der Waals surface area contributed by atoms with Crippen LogP contribution in [0.4, 0.5) is 5.82 Å². The van der Waals surface area contributed by atoms with Gasteiger partial charge in [0.2, 0.25) is 5.89 Å². The van der Waals surface area contributed by atoms with Crippen LogP contribution in [0.5, 0.6) is 5.75 Å². The van der Waals surface area contributed by atoms with Crippen LogP contribution < -0.4 is 5.73 Å². The number of oxazole rings is 1. The Morgan fingerprint density at radius 2 is 2.06 bits per heavy atom. The number of aromatic nitrogens is 2. The monoisotopic (exact) mass is 227 g/mol. The second-order valence-corrected chi connectivity index (χ2v) is 3.58. The van der Waals surface area contributed by atoms with Gasteiger partial charge in [0.05, 0.1) is 5.56 Å². The highest BCUT2D eigenvalue weighted by Crippen LogP contribution is 2.30. The van der Waals surface area contributed by atoms with E-state index in [1.54, 1.807) is 36.5 Å². The van der Waals surface area contributed by atoms with Gasteiger partial charge in [-0.05, 0) is 24.3 Å². The van der Waals surface area contributed by atoms with Gasteiger partial charge in [-0.25, -0.2) is 9.97 Å². The lowest BCUT2D eigenvalue weighted by molar-refractivity contribution is 0.480. The van der Waals surface area contributed by atoms with Gasteiger partial charge in [-0.3, -0.25) is 0 Å². The first-order valence-electron chi connectivity index (χ1n) is 5.05. The van der Waals surface area contributed by atoms with Crippen LogP contribution in [0.25, 0.3) is 22.6 Å². The standard InChI is InChI=1S/C12H9N3O2/c13-11-7(3-2-6-14-11)12-15-10-8(16)4-1-5-9(10)17-12/h1-6,16H,(H2,13,14). The smallest absolute Gasteiger partial charge is 0.231 e. The molecule has 0 atom stereocenters. The van der Waals surface area contributed by atoms with E-state index in [1.165, 1.54) is 0 Å². The molecule has 0 amide bonds. The molecule has 17 heavy (non-hydrogen) atoms. The van der Waals surface area contributed by atoms with Gasteiger partial charge >= 0.3 is 0 Å². The minimum absolute atomic E-state index is 0.0833. The van der Waals surface area contributed by atoms with Crippen LogP contribution in [0.2, 0.25) is 0 Å². The second kappa shape index (κ2) is 3.48. The highest BCUT2D eigenvalue weighted by atomic mass is 16.3. The Balaban J connectivity index is 2.26. The van der Waals surface area contributed by atoms with Gasteiger partial charge < -0.3 is 15.3 Å². The van der Waals surface area contributed by atoms with Crippen molar-refractivity contribution in [2.75, 3.05) is 5.73 Å². The summed E-state index contributed by atoms with van der Waals surface area (Å²) in [5.74, 6) is 0.783. The number of anilines is 1. The number of fused-ring (bicyclic) bond motifs is 1. The molecule has 0 saturated carbocycles. The van der Waals surface area contributed by atoms with E-state index in [0.717, 1.165) is 0 Å². The molecule has 0 fully saturated rings. The minimum Gasteiger partial charge on any atom is -0.506 e. The van der Waals surface area contributed by atoms with Crippen molar-refractivity contribution in [2.45, 2.75) is 0 Å². The molecule has 0 aliphatic carbocycles. The van der Waals surface area contributed by atoms with Gasteiger partial charge in [0.25, 0.3) is 0 Å². The van der Waals surface area contributed by atoms with Crippen LogP contribution in [0.1, 0.15) is 0 Å². The maximum Gasteiger partial charge on any atom is 0.231 e. The zero-order valence-corrected chi connectivity index (χ0v) is 8.79. The number of hydrogen-bond donors (Lipinski definition) is 2. The predicted octanol–water partition coefficient (Wildman–Crippen LogP) is 2.18. The Bertz CT molecular complexity index is 691. The molecule has 3 rings (SSSR count). The molecule has 0 radical (unpaired) electrons. The van der Waals surface area contributed by atoms with Gasteiger partial charge in [0.1, 0.15) is 11.6 Å². The molecule has 0 unspecified atom stereocenters. The van der Waals surface area contributed by atoms with Crippen LogP contribution in [-0.2, 0) is 0 Å². The van der Waals surface area contributed by atoms with Crippen LogP contribution in [0.15, 0.2) is 40.9 Å². The van der Waals surface area contributed by atoms with Gasteiger partial charge in [-0.15, -0.1) is 0 Å². The third kappa shape index (κ3) is 1.48. The lowest BCUT2D eigenvalue weighted by Crippen LogP contribution is -1.92. The molecular weight excluding hydrogens is 218 g/mol. The molecule has 0 bridgehead atoms. The van der Waals surface area contributed by atoms with Crippen molar-refractivity contribution in [3.8, 4) is 17.2 Å². The van der Waals surface area contributed by atoms with E-state index in [0.29, 0.717) is 28.4 Å². The van der Waals surface area contributed by atoms with Crippen LogP contribution in [-0.4, -0.2) is 15.1 Å². The molecule has 0 aliphatic rings. The van der Waals surface area contributed by atoms with E-state index in [-0.39, 0.29) is 5.75 Å². The molecule has 5 nitrogen and oxygen atoms in total. The topological polar surface area (TPSA) is 85.2 Å². The molecule has 2 aromatic heterocycles. The molecule has 2 heterocycles. The van der Waals surface area contributed by atoms with Crippen molar-refractivity contribution >= 4 is 16.9 Å². The number of hydrogen-bond acceptors (Lipinski definition) is 5. The molecule has 1 aromatic carbocycles. The fourth-order valence-corrected chi connectivity index (χ4v) is 1.65. The molecule has 3 aromatic rings. The van der Waals surface area contributed by atoms with Crippen LogP contribution in [0.3, 0.4) is 0 Å². The van der Waals surface area contributed by atoms with E-state index in [4.69, 9.17) is 10.2 Å². The largest absolute Gasteiger partial charge is 0.506 e. The van der Waals surface area contributed by atoms with E-state index >= 15 is 0 Å². The molecule has 5 heteroatoms. The highest BCUT2D eigenvalue weighted by molar-refractivity contribution is 5.83. The zero-order chi connectivity index (χ0) is 11.8. The third-order valence-corrected chi connectivity index (χ3v) is 2.47. The van der Waals surface area contributed by atoms with Crippen LogP contribution in [0, 0.1) is 0 Å². The number of nitrogens with two attached hydrogens (primary N) is 1. The Hall–Kier alpha value is -2.56. The summed E-state index contributed by atoms with van der Waals surface area (Å²) in [6.07, 6.45) is 1.60. The van der Waals surface area contributed by atoms with E-state index in [1.807, 2.05) is 0 Å². The first kappa shape index (κ1) is 9.65. The average molecular weight is 227 g/mol. The summed E-state index contributed by atoms with van der Waals surface area (Å²) in [4.78, 5) is 8.17. The first-order chi connectivity index (χ1) is 8.25. The average Bonchev–Trinajstić information content (AvgIpc) is 2.75. The number of rotatable bonds is 1. The molecule has 84 valence electrons. The highest BCUT2D eigenvalue weighted by Gasteiger charge is 2.13. The van der Waals surface area contributed by atoms with Crippen molar-refractivity contribution < 1.29 is 9.52 Å². The normalized spacial score (nSPS) is 10.8. The summed E-state index contributed by atoms with van der Waals surface area (Å²) in [5, 5.41) is 9.63. The van der Waals surface area contributed by atoms with E-state index < -0.39 is 0 Å². The molecule has 0 saturated heterocycles. The Labute approximate surface area is 96.5 Å². The van der Waals surface area contributed by atoms with Crippen molar-refractivity contribution in [2.24, 2.45) is 0 Å². The quantitative estimate of drug-likeness (QED) is 0.665.